The molecule has 2 heterocycles. The van der Waals surface area contributed by atoms with Crippen molar-refractivity contribution in [1.82, 2.24) is 25.0 Å². The minimum Gasteiger partial charge on any atom is -0.343 e. The van der Waals surface area contributed by atoms with Crippen molar-refractivity contribution in [1.29, 1.82) is 0 Å². The van der Waals surface area contributed by atoms with Gasteiger partial charge in [0.15, 0.2) is 5.69 Å². The molecule has 1 amide bonds. The van der Waals surface area contributed by atoms with Gasteiger partial charge in [-0.1, -0.05) is 6.92 Å². The fraction of sp³-hybridized carbons (Fsp3) is 0.357. The van der Waals surface area contributed by atoms with Crippen molar-refractivity contribution in [2.24, 2.45) is 0 Å². The van der Waals surface area contributed by atoms with E-state index in [1.165, 1.54) is 4.90 Å². The molecule has 2 aromatic heterocycles. The monoisotopic (exact) mass is 273 g/mol. The molecule has 0 unspecified atom stereocenters. The fourth-order valence-corrected chi connectivity index (χ4v) is 1.78. The number of hydrogen-bond acceptors (Lipinski definition) is 4. The Balaban J connectivity index is 2.21. The van der Waals surface area contributed by atoms with Gasteiger partial charge in [0.2, 0.25) is 0 Å². The molecule has 1 N–H and O–H groups in total. The summed E-state index contributed by atoms with van der Waals surface area (Å²) >= 11 is 0. The van der Waals surface area contributed by atoms with Crippen LogP contribution in [0.2, 0.25) is 0 Å². The van der Waals surface area contributed by atoms with Crippen molar-refractivity contribution >= 4 is 5.91 Å². The number of nitrogens with one attached hydrogen (secondary N) is 1. The molecule has 0 saturated heterocycles. The highest BCUT2D eigenvalue weighted by Gasteiger charge is 2.12. The van der Waals surface area contributed by atoms with Crippen LogP contribution in [0.5, 0.6) is 0 Å². The van der Waals surface area contributed by atoms with Gasteiger partial charge in [-0.2, -0.15) is 5.10 Å². The summed E-state index contributed by atoms with van der Waals surface area (Å²) in [5.41, 5.74) is 2.35. The molecule has 0 spiro atoms. The first-order valence-corrected chi connectivity index (χ1v) is 6.54. The summed E-state index contributed by atoms with van der Waals surface area (Å²) in [6, 6.07) is 3.71. The zero-order chi connectivity index (χ0) is 14.5. The molecule has 0 radical (unpaired) electrons. The van der Waals surface area contributed by atoms with Crippen LogP contribution in [0.1, 0.15) is 23.0 Å². The summed E-state index contributed by atoms with van der Waals surface area (Å²) < 4.78 is 1.67. The summed E-state index contributed by atoms with van der Waals surface area (Å²) in [5, 5.41) is 7.54. The lowest BCUT2D eigenvalue weighted by Gasteiger charge is -2.07. The van der Waals surface area contributed by atoms with Crippen LogP contribution in [0, 0.1) is 0 Å². The van der Waals surface area contributed by atoms with Gasteiger partial charge in [-0.3, -0.25) is 9.78 Å². The van der Waals surface area contributed by atoms with Crippen molar-refractivity contribution in [2.75, 3.05) is 20.6 Å². The Labute approximate surface area is 118 Å². The molecular formula is C14H19N5O. The molecule has 6 heteroatoms. The third-order valence-electron chi connectivity index (χ3n) is 2.84. The SMILES string of the molecule is CCNCc1cncc(-n2ccc(C(=O)N(C)C)n2)c1. The Morgan fingerprint density at radius 3 is 2.90 bits per heavy atom. The van der Waals surface area contributed by atoms with Crippen LogP contribution in [0.15, 0.2) is 30.7 Å². The minimum atomic E-state index is -0.111. The summed E-state index contributed by atoms with van der Waals surface area (Å²) in [7, 11) is 3.42. The highest BCUT2D eigenvalue weighted by atomic mass is 16.2. The van der Waals surface area contributed by atoms with Crippen LogP contribution in [0.25, 0.3) is 5.69 Å². The van der Waals surface area contributed by atoms with E-state index in [-0.39, 0.29) is 5.91 Å². The number of rotatable bonds is 5. The topological polar surface area (TPSA) is 63.1 Å². The van der Waals surface area contributed by atoms with E-state index in [0.29, 0.717) is 5.69 Å². The zero-order valence-corrected chi connectivity index (χ0v) is 12.0. The van der Waals surface area contributed by atoms with Crippen LogP contribution < -0.4 is 5.32 Å². The molecule has 0 aromatic carbocycles. The van der Waals surface area contributed by atoms with Gasteiger partial charge in [-0.15, -0.1) is 0 Å². The predicted octanol–water partition coefficient (Wildman–Crippen LogP) is 1.08. The van der Waals surface area contributed by atoms with E-state index in [1.807, 2.05) is 12.3 Å². The Morgan fingerprint density at radius 2 is 2.20 bits per heavy atom. The normalized spacial score (nSPS) is 10.6. The highest BCUT2D eigenvalue weighted by molar-refractivity contribution is 5.91. The molecule has 2 rings (SSSR count). The standard InChI is InChI=1S/C14H19N5O/c1-4-15-8-11-7-12(10-16-9-11)19-6-5-13(17-19)14(20)18(2)3/h5-7,9-10,15H,4,8H2,1-3H3. The Morgan fingerprint density at radius 1 is 1.40 bits per heavy atom. The number of aromatic nitrogens is 3. The Kier molecular flexibility index (Phi) is 4.47. The van der Waals surface area contributed by atoms with Gasteiger partial charge >= 0.3 is 0 Å². The van der Waals surface area contributed by atoms with E-state index in [0.717, 1.165) is 24.3 Å². The molecule has 0 fully saturated rings. The molecule has 0 aliphatic heterocycles. The van der Waals surface area contributed by atoms with Gasteiger partial charge in [0.25, 0.3) is 5.91 Å². The first-order valence-electron chi connectivity index (χ1n) is 6.54. The summed E-state index contributed by atoms with van der Waals surface area (Å²) in [6.07, 6.45) is 5.32. The number of carbonyl (C=O) groups is 1. The zero-order valence-electron chi connectivity index (χ0n) is 12.0. The molecule has 0 atom stereocenters. The molecular weight excluding hydrogens is 254 g/mol. The van der Waals surface area contributed by atoms with Crippen LogP contribution in [0.3, 0.4) is 0 Å². The maximum Gasteiger partial charge on any atom is 0.273 e. The number of hydrogen-bond donors (Lipinski definition) is 1. The van der Waals surface area contributed by atoms with E-state index < -0.39 is 0 Å². The third-order valence-corrected chi connectivity index (χ3v) is 2.84. The van der Waals surface area contributed by atoms with Crippen molar-refractivity contribution in [3.63, 3.8) is 0 Å². The first kappa shape index (κ1) is 14.2. The second kappa shape index (κ2) is 6.29. The third kappa shape index (κ3) is 3.21. The van der Waals surface area contributed by atoms with E-state index in [9.17, 15) is 4.79 Å². The lowest BCUT2D eigenvalue weighted by molar-refractivity contribution is 0.0821. The van der Waals surface area contributed by atoms with E-state index >= 15 is 0 Å². The maximum absolute atomic E-state index is 11.8. The molecule has 2 aromatic rings. The van der Waals surface area contributed by atoms with Gasteiger partial charge < -0.3 is 10.2 Å². The largest absolute Gasteiger partial charge is 0.343 e. The van der Waals surface area contributed by atoms with Crippen LogP contribution in [-0.2, 0) is 6.54 Å². The summed E-state index contributed by atoms with van der Waals surface area (Å²) in [4.78, 5) is 17.5. The smallest absolute Gasteiger partial charge is 0.273 e. The van der Waals surface area contributed by atoms with E-state index in [1.54, 1.807) is 37.2 Å². The van der Waals surface area contributed by atoms with Gasteiger partial charge in [0.1, 0.15) is 0 Å². The lowest BCUT2D eigenvalue weighted by Crippen LogP contribution is -2.22. The number of carbonyl (C=O) groups excluding carboxylic acids is 1. The lowest BCUT2D eigenvalue weighted by atomic mass is 10.2. The Hall–Kier alpha value is -2.21. The van der Waals surface area contributed by atoms with E-state index in [4.69, 9.17) is 0 Å². The summed E-state index contributed by atoms with van der Waals surface area (Å²) in [6.45, 7) is 3.74. The average molecular weight is 273 g/mol. The highest BCUT2D eigenvalue weighted by Crippen LogP contribution is 2.09. The average Bonchev–Trinajstić information content (AvgIpc) is 2.94. The van der Waals surface area contributed by atoms with Gasteiger partial charge in [-0.05, 0) is 24.2 Å². The molecule has 20 heavy (non-hydrogen) atoms. The number of amides is 1. The Bertz CT molecular complexity index is 591. The molecule has 0 aliphatic rings. The molecule has 0 bridgehead atoms. The minimum absolute atomic E-state index is 0.111. The fourth-order valence-electron chi connectivity index (χ4n) is 1.78. The maximum atomic E-state index is 11.8. The second-order valence-corrected chi connectivity index (χ2v) is 4.68. The van der Waals surface area contributed by atoms with Crippen molar-refractivity contribution in [3.8, 4) is 5.69 Å². The van der Waals surface area contributed by atoms with Gasteiger partial charge in [-0.25, -0.2) is 4.68 Å². The molecule has 0 aliphatic carbocycles. The van der Waals surface area contributed by atoms with E-state index in [2.05, 4.69) is 22.3 Å². The van der Waals surface area contributed by atoms with Crippen molar-refractivity contribution in [2.45, 2.75) is 13.5 Å². The summed E-state index contributed by atoms with van der Waals surface area (Å²) in [5.74, 6) is -0.111. The number of nitrogens with zero attached hydrogens (tertiary/aromatic N) is 4. The molecule has 0 saturated carbocycles. The molecule has 106 valence electrons. The van der Waals surface area contributed by atoms with Crippen molar-refractivity contribution < 1.29 is 4.79 Å². The van der Waals surface area contributed by atoms with Crippen LogP contribution >= 0.6 is 0 Å². The second-order valence-electron chi connectivity index (χ2n) is 4.68. The quantitative estimate of drug-likeness (QED) is 0.885. The van der Waals surface area contributed by atoms with Gasteiger partial charge in [0.05, 0.1) is 11.9 Å². The van der Waals surface area contributed by atoms with Crippen LogP contribution in [-0.4, -0.2) is 46.2 Å². The molecule has 6 nitrogen and oxygen atoms in total. The predicted molar refractivity (Wildman–Crippen MR) is 76.8 cm³/mol. The van der Waals surface area contributed by atoms with Gasteiger partial charge in [0, 0.05) is 33.0 Å². The van der Waals surface area contributed by atoms with Crippen molar-refractivity contribution in [3.05, 3.63) is 42.0 Å². The number of pyridine rings is 1. The first-order chi connectivity index (χ1) is 9.61. The van der Waals surface area contributed by atoms with Crippen LogP contribution in [0.4, 0.5) is 0 Å².